The minimum absolute atomic E-state index is 0.126. The van der Waals surface area contributed by atoms with Crippen LogP contribution in [0.5, 0.6) is 5.75 Å². The van der Waals surface area contributed by atoms with Gasteiger partial charge >= 0.3 is 0 Å². The van der Waals surface area contributed by atoms with Gasteiger partial charge in [-0.1, -0.05) is 30.7 Å². The Labute approximate surface area is 123 Å². The molecule has 0 aromatic heterocycles. The quantitative estimate of drug-likeness (QED) is 0.670. The van der Waals surface area contributed by atoms with Crippen LogP contribution >= 0.6 is 11.6 Å². The lowest BCUT2D eigenvalue weighted by atomic mass is 10.0. The molecule has 2 rings (SSSR count). The van der Waals surface area contributed by atoms with Gasteiger partial charge in [0.1, 0.15) is 5.75 Å². The van der Waals surface area contributed by atoms with E-state index in [4.69, 9.17) is 22.1 Å². The smallest absolute Gasteiger partial charge is 0.196 e. The Hall–Kier alpha value is -2.00. The average Bonchev–Trinajstić information content (AvgIpc) is 2.47. The maximum absolute atomic E-state index is 12.5. The normalized spacial score (nSPS) is 10.3. The van der Waals surface area contributed by atoms with Crippen molar-refractivity contribution in [3.05, 3.63) is 58.6 Å². The fourth-order valence-electron chi connectivity index (χ4n) is 1.82. The second-order valence-corrected chi connectivity index (χ2v) is 4.82. The van der Waals surface area contributed by atoms with Crippen molar-refractivity contribution >= 4 is 23.1 Å². The van der Waals surface area contributed by atoms with Crippen LogP contribution in [0.2, 0.25) is 5.02 Å². The van der Waals surface area contributed by atoms with E-state index in [-0.39, 0.29) is 5.78 Å². The van der Waals surface area contributed by atoms with Crippen molar-refractivity contribution in [2.24, 2.45) is 0 Å². The highest BCUT2D eigenvalue weighted by Gasteiger charge is 2.15. The minimum Gasteiger partial charge on any atom is -0.493 e. The number of anilines is 1. The standard InChI is InChI=1S/C16H16ClNO2/c1-2-9-20-15-6-4-3-5-12(15)16(19)11-7-8-14(18)13(17)10-11/h3-8,10H,2,9,18H2,1H3. The number of hydrogen-bond donors (Lipinski definition) is 1. The fraction of sp³-hybridized carbons (Fsp3) is 0.188. The van der Waals surface area contributed by atoms with Gasteiger partial charge in [0.05, 0.1) is 22.9 Å². The molecule has 4 heteroatoms. The molecule has 0 bridgehead atoms. The largest absolute Gasteiger partial charge is 0.493 e. The zero-order valence-electron chi connectivity index (χ0n) is 11.2. The van der Waals surface area contributed by atoms with Crippen LogP contribution in [0.4, 0.5) is 5.69 Å². The van der Waals surface area contributed by atoms with Crippen molar-refractivity contribution in [2.45, 2.75) is 13.3 Å². The average molecular weight is 290 g/mol. The zero-order valence-corrected chi connectivity index (χ0v) is 12.0. The van der Waals surface area contributed by atoms with Crippen molar-refractivity contribution in [1.82, 2.24) is 0 Å². The second-order valence-electron chi connectivity index (χ2n) is 4.41. The topological polar surface area (TPSA) is 52.3 Å². The summed E-state index contributed by atoms with van der Waals surface area (Å²) in [5.74, 6) is 0.464. The number of ether oxygens (including phenoxy) is 1. The van der Waals surface area contributed by atoms with Crippen LogP contribution in [-0.2, 0) is 0 Å². The minimum atomic E-state index is -0.126. The van der Waals surface area contributed by atoms with Crippen LogP contribution in [0.3, 0.4) is 0 Å². The molecule has 0 fully saturated rings. The first-order valence-corrected chi connectivity index (χ1v) is 6.83. The van der Waals surface area contributed by atoms with E-state index >= 15 is 0 Å². The van der Waals surface area contributed by atoms with Crippen LogP contribution in [0.15, 0.2) is 42.5 Å². The summed E-state index contributed by atoms with van der Waals surface area (Å²) in [6, 6.07) is 12.1. The van der Waals surface area contributed by atoms with Gasteiger partial charge in [0, 0.05) is 5.56 Å². The third kappa shape index (κ3) is 3.11. The molecular weight excluding hydrogens is 274 g/mol. The number of para-hydroxylation sites is 1. The number of nitrogens with two attached hydrogens (primary N) is 1. The first kappa shape index (κ1) is 14.4. The molecule has 2 aromatic carbocycles. The molecule has 0 radical (unpaired) electrons. The highest BCUT2D eigenvalue weighted by molar-refractivity contribution is 6.33. The molecule has 20 heavy (non-hydrogen) atoms. The van der Waals surface area contributed by atoms with Crippen LogP contribution in [0.1, 0.15) is 29.3 Å². The molecule has 0 spiro atoms. The first-order chi connectivity index (χ1) is 9.63. The third-order valence-corrected chi connectivity index (χ3v) is 3.18. The Morgan fingerprint density at radius 1 is 1.25 bits per heavy atom. The number of carbonyl (C=O) groups excluding carboxylic acids is 1. The third-order valence-electron chi connectivity index (χ3n) is 2.86. The van der Waals surface area contributed by atoms with Crippen molar-refractivity contribution in [3.8, 4) is 5.75 Å². The number of benzene rings is 2. The summed E-state index contributed by atoms with van der Waals surface area (Å²) in [6.07, 6.45) is 0.885. The molecule has 3 nitrogen and oxygen atoms in total. The Morgan fingerprint density at radius 2 is 2.00 bits per heavy atom. The van der Waals surface area contributed by atoms with Crippen molar-refractivity contribution < 1.29 is 9.53 Å². The Balaban J connectivity index is 2.35. The molecule has 0 unspecified atom stereocenters. The molecule has 0 atom stereocenters. The molecule has 0 aliphatic carbocycles. The van der Waals surface area contributed by atoms with Crippen LogP contribution in [-0.4, -0.2) is 12.4 Å². The lowest BCUT2D eigenvalue weighted by Crippen LogP contribution is -2.06. The maximum Gasteiger partial charge on any atom is 0.196 e. The summed E-state index contributed by atoms with van der Waals surface area (Å²) in [5.41, 5.74) is 7.14. The SMILES string of the molecule is CCCOc1ccccc1C(=O)c1ccc(N)c(Cl)c1. The number of nitrogen functional groups attached to an aromatic ring is 1. The Morgan fingerprint density at radius 3 is 2.70 bits per heavy atom. The molecule has 0 aliphatic heterocycles. The van der Waals surface area contributed by atoms with Crippen LogP contribution in [0, 0.1) is 0 Å². The number of rotatable bonds is 5. The fourth-order valence-corrected chi connectivity index (χ4v) is 2.00. The summed E-state index contributed by atoms with van der Waals surface area (Å²) < 4.78 is 5.60. The summed E-state index contributed by atoms with van der Waals surface area (Å²) in [6.45, 7) is 2.59. The zero-order chi connectivity index (χ0) is 14.5. The highest BCUT2D eigenvalue weighted by atomic mass is 35.5. The van der Waals surface area contributed by atoms with Gasteiger partial charge in [-0.15, -0.1) is 0 Å². The van der Waals surface area contributed by atoms with E-state index in [9.17, 15) is 4.79 Å². The van der Waals surface area contributed by atoms with E-state index in [0.29, 0.717) is 34.2 Å². The lowest BCUT2D eigenvalue weighted by Gasteiger charge is -2.10. The van der Waals surface area contributed by atoms with Gasteiger partial charge in [-0.3, -0.25) is 4.79 Å². The summed E-state index contributed by atoms with van der Waals surface area (Å²) in [5, 5.41) is 0.378. The number of hydrogen-bond acceptors (Lipinski definition) is 3. The number of ketones is 1. The molecule has 0 saturated carbocycles. The van der Waals surface area contributed by atoms with Gasteiger partial charge in [0.15, 0.2) is 5.78 Å². The maximum atomic E-state index is 12.5. The van der Waals surface area contributed by atoms with Crippen molar-refractivity contribution in [1.29, 1.82) is 0 Å². The molecule has 0 heterocycles. The lowest BCUT2D eigenvalue weighted by molar-refractivity contribution is 0.103. The number of carbonyl (C=O) groups is 1. The summed E-state index contributed by atoms with van der Waals surface area (Å²) in [7, 11) is 0. The predicted octanol–water partition coefficient (Wildman–Crippen LogP) is 3.94. The Kier molecular flexibility index (Phi) is 4.64. The molecule has 0 aliphatic rings. The van der Waals surface area contributed by atoms with Gasteiger partial charge in [0.25, 0.3) is 0 Å². The monoisotopic (exact) mass is 289 g/mol. The molecule has 2 N–H and O–H groups in total. The van der Waals surface area contributed by atoms with Crippen molar-refractivity contribution in [2.75, 3.05) is 12.3 Å². The molecule has 0 saturated heterocycles. The first-order valence-electron chi connectivity index (χ1n) is 6.45. The number of halogens is 1. The molecule has 2 aromatic rings. The van der Waals surface area contributed by atoms with Gasteiger partial charge < -0.3 is 10.5 Å². The second kappa shape index (κ2) is 6.44. The van der Waals surface area contributed by atoms with Crippen LogP contribution in [0.25, 0.3) is 0 Å². The van der Waals surface area contributed by atoms with E-state index in [1.54, 1.807) is 30.3 Å². The molecular formula is C16H16ClNO2. The van der Waals surface area contributed by atoms with E-state index in [1.807, 2.05) is 19.1 Å². The van der Waals surface area contributed by atoms with E-state index in [1.165, 1.54) is 0 Å². The van der Waals surface area contributed by atoms with Crippen LogP contribution < -0.4 is 10.5 Å². The summed E-state index contributed by atoms with van der Waals surface area (Å²) >= 11 is 5.96. The van der Waals surface area contributed by atoms with Gasteiger partial charge in [-0.05, 0) is 36.8 Å². The summed E-state index contributed by atoms with van der Waals surface area (Å²) in [4.78, 5) is 12.5. The highest BCUT2D eigenvalue weighted by Crippen LogP contribution is 2.25. The van der Waals surface area contributed by atoms with Gasteiger partial charge in [-0.25, -0.2) is 0 Å². The van der Waals surface area contributed by atoms with Gasteiger partial charge in [0.2, 0.25) is 0 Å². The van der Waals surface area contributed by atoms with Crippen molar-refractivity contribution in [3.63, 3.8) is 0 Å². The van der Waals surface area contributed by atoms with E-state index < -0.39 is 0 Å². The van der Waals surface area contributed by atoms with E-state index in [2.05, 4.69) is 0 Å². The van der Waals surface area contributed by atoms with E-state index in [0.717, 1.165) is 6.42 Å². The van der Waals surface area contributed by atoms with Gasteiger partial charge in [-0.2, -0.15) is 0 Å². The molecule has 0 amide bonds. The Bertz CT molecular complexity index is 626. The predicted molar refractivity (Wildman–Crippen MR) is 81.5 cm³/mol. The molecule has 104 valence electrons.